The van der Waals surface area contributed by atoms with Gasteiger partial charge in [-0.3, -0.25) is 0 Å². The molecule has 2 nitrogen and oxygen atoms in total. The standard InChI is InChI=1S/C14H16O2/c1-10(2)16-12-7-6-11(3)13(9-12)14-5-4-8-15-14/h4-10H,1-3H3. The van der Waals surface area contributed by atoms with Gasteiger partial charge >= 0.3 is 0 Å². The lowest BCUT2D eigenvalue weighted by Crippen LogP contribution is -2.05. The third-order valence-electron chi connectivity index (χ3n) is 2.37. The number of furan rings is 1. The van der Waals surface area contributed by atoms with Gasteiger partial charge in [-0.2, -0.15) is 0 Å². The van der Waals surface area contributed by atoms with Crippen molar-refractivity contribution in [1.82, 2.24) is 0 Å². The fourth-order valence-electron chi connectivity index (χ4n) is 1.64. The highest BCUT2D eigenvalue weighted by Gasteiger charge is 2.07. The zero-order valence-electron chi connectivity index (χ0n) is 9.86. The van der Waals surface area contributed by atoms with E-state index in [2.05, 4.69) is 13.0 Å². The SMILES string of the molecule is Cc1ccc(OC(C)C)cc1-c1ccco1. The molecule has 16 heavy (non-hydrogen) atoms. The summed E-state index contributed by atoms with van der Waals surface area (Å²) in [6.07, 6.45) is 1.87. The molecule has 0 bridgehead atoms. The van der Waals surface area contributed by atoms with Crippen LogP contribution in [0.5, 0.6) is 5.75 Å². The summed E-state index contributed by atoms with van der Waals surface area (Å²) >= 11 is 0. The normalized spacial score (nSPS) is 10.8. The fraction of sp³-hybridized carbons (Fsp3) is 0.286. The molecule has 0 amide bonds. The molecule has 0 saturated heterocycles. The molecule has 0 aliphatic rings. The second-order valence-corrected chi connectivity index (χ2v) is 4.12. The highest BCUT2D eigenvalue weighted by Crippen LogP contribution is 2.28. The Bertz CT molecular complexity index is 456. The monoisotopic (exact) mass is 216 g/mol. The first-order valence-electron chi connectivity index (χ1n) is 5.48. The summed E-state index contributed by atoms with van der Waals surface area (Å²) in [5.74, 6) is 1.76. The van der Waals surface area contributed by atoms with Crippen molar-refractivity contribution in [2.45, 2.75) is 26.9 Å². The van der Waals surface area contributed by atoms with Crippen LogP contribution in [-0.4, -0.2) is 6.10 Å². The smallest absolute Gasteiger partial charge is 0.134 e. The van der Waals surface area contributed by atoms with E-state index in [0.29, 0.717) is 0 Å². The maximum Gasteiger partial charge on any atom is 0.134 e. The van der Waals surface area contributed by atoms with Crippen molar-refractivity contribution in [2.24, 2.45) is 0 Å². The van der Waals surface area contributed by atoms with Crippen LogP contribution in [0, 0.1) is 6.92 Å². The van der Waals surface area contributed by atoms with E-state index in [0.717, 1.165) is 17.1 Å². The molecular formula is C14H16O2. The number of hydrogen-bond acceptors (Lipinski definition) is 2. The van der Waals surface area contributed by atoms with Crippen LogP contribution in [0.25, 0.3) is 11.3 Å². The van der Waals surface area contributed by atoms with Crippen molar-refractivity contribution in [3.8, 4) is 17.1 Å². The van der Waals surface area contributed by atoms with Gasteiger partial charge in [-0.05, 0) is 50.6 Å². The Balaban J connectivity index is 2.37. The van der Waals surface area contributed by atoms with Gasteiger partial charge in [0.05, 0.1) is 12.4 Å². The molecule has 1 heterocycles. The van der Waals surface area contributed by atoms with Crippen LogP contribution in [0.2, 0.25) is 0 Å². The average molecular weight is 216 g/mol. The first kappa shape index (κ1) is 10.8. The Labute approximate surface area is 95.9 Å². The minimum atomic E-state index is 0.187. The number of rotatable bonds is 3. The molecule has 0 N–H and O–H groups in total. The second-order valence-electron chi connectivity index (χ2n) is 4.12. The van der Waals surface area contributed by atoms with Crippen LogP contribution in [0.4, 0.5) is 0 Å². The molecule has 0 saturated carbocycles. The lowest BCUT2D eigenvalue weighted by atomic mass is 10.1. The molecule has 0 aliphatic carbocycles. The van der Waals surface area contributed by atoms with Crippen molar-refractivity contribution in [2.75, 3.05) is 0 Å². The van der Waals surface area contributed by atoms with Gasteiger partial charge in [-0.25, -0.2) is 0 Å². The van der Waals surface area contributed by atoms with E-state index in [-0.39, 0.29) is 6.10 Å². The number of benzene rings is 1. The lowest BCUT2D eigenvalue weighted by Gasteiger charge is -2.11. The zero-order valence-corrected chi connectivity index (χ0v) is 9.86. The summed E-state index contributed by atoms with van der Waals surface area (Å²) < 4.78 is 11.1. The van der Waals surface area contributed by atoms with Gasteiger partial charge in [-0.1, -0.05) is 6.07 Å². The third-order valence-corrected chi connectivity index (χ3v) is 2.37. The summed E-state index contributed by atoms with van der Waals surface area (Å²) in [5, 5.41) is 0. The molecule has 0 aliphatic heterocycles. The zero-order chi connectivity index (χ0) is 11.5. The molecule has 84 valence electrons. The first-order valence-corrected chi connectivity index (χ1v) is 5.48. The summed E-state index contributed by atoms with van der Waals surface area (Å²) in [4.78, 5) is 0. The van der Waals surface area contributed by atoms with E-state index in [1.807, 2.05) is 38.1 Å². The van der Waals surface area contributed by atoms with E-state index in [9.17, 15) is 0 Å². The van der Waals surface area contributed by atoms with Gasteiger partial charge in [-0.15, -0.1) is 0 Å². The molecule has 1 aromatic carbocycles. The molecule has 2 rings (SSSR count). The Morgan fingerprint density at radius 3 is 2.62 bits per heavy atom. The second kappa shape index (κ2) is 4.44. The van der Waals surface area contributed by atoms with E-state index in [4.69, 9.17) is 9.15 Å². The molecule has 2 heteroatoms. The Morgan fingerprint density at radius 1 is 1.19 bits per heavy atom. The minimum Gasteiger partial charge on any atom is -0.491 e. The lowest BCUT2D eigenvalue weighted by molar-refractivity contribution is 0.242. The Kier molecular flexibility index (Phi) is 3.00. The van der Waals surface area contributed by atoms with Gasteiger partial charge < -0.3 is 9.15 Å². The van der Waals surface area contributed by atoms with Crippen molar-refractivity contribution in [3.05, 3.63) is 42.2 Å². The predicted octanol–water partition coefficient (Wildman–Crippen LogP) is 4.04. The summed E-state index contributed by atoms with van der Waals surface area (Å²) in [6, 6.07) is 9.91. The number of ether oxygens (including phenoxy) is 1. The molecule has 2 aromatic rings. The molecule has 1 aromatic heterocycles. The Hall–Kier alpha value is -1.70. The largest absolute Gasteiger partial charge is 0.491 e. The third kappa shape index (κ3) is 2.27. The van der Waals surface area contributed by atoms with Crippen molar-refractivity contribution >= 4 is 0 Å². The van der Waals surface area contributed by atoms with Crippen LogP contribution >= 0.6 is 0 Å². The highest BCUT2D eigenvalue weighted by atomic mass is 16.5. The number of hydrogen-bond donors (Lipinski definition) is 0. The van der Waals surface area contributed by atoms with Gasteiger partial charge in [0.15, 0.2) is 0 Å². The average Bonchev–Trinajstić information content (AvgIpc) is 2.73. The van der Waals surface area contributed by atoms with Crippen molar-refractivity contribution < 1.29 is 9.15 Å². The molecular weight excluding hydrogens is 200 g/mol. The molecule has 0 unspecified atom stereocenters. The fourth-order valence-corrected chi connectivity index (χ4v) is 1.64. The van der Waals surface area contributed by atoms with Crippen molar-refractivity contribution in [1.29, 1.82) is 0 Å². The van der Waals surface area contributed by atoms with Crippen molar-refractivity contribution in [3.63, 3.8) is 0 Å². The maximum absolute atomic E-state index is 5.67. The quantitative estimate of drug-likeness (QED) is 0.772. The van der Waals surface area contributed by atoms with Gasteiger partial charge in [0.2, 0.25) is 0 Å². The molecule has 0 spiro atoms. The van der Waals surface area contributed by atoms with Crippen LogP contribution in [0.15, 0.2) is 41.0 Å². The summed E-state index contributed by atoms with van der Waals surface area (Å²) in [7, 11) is 0. The van der Waals surface area contributed by atoms with Gasteiger partial charge in [0.1, 0.15) is 11.5 Å². The van der Waals surface area contributed by atoms with Crippen LogP contribution in [0.3, 0.4) is 0 Å². The molecule has 0 atom stereocenters. The first-order chi connectivity index (χ1) is 7.66. The summed E-state index contributed by atoms with van der Waals surface area (Å²) in [5.41, 5.74) is 2.27. The van der Waals surface area contributed by atoms with Gasteiger partial charge in [0.25, 0.3) is 0 Å². The molecule has 0 radical (unpaired) electrons. The van der Waals surface area contributed by atoms with Crippen LogP contribution in [0.1, 0.15) is 19.4 Å². The van der Waals surface area contributed by atoms with Crippen LogP contribution < -0.4 is 4.74 Å². The number of aryl methyl sites for hydroxylation is 1. The van der Waals surface area contributed by atoms with E-state index in [1.54, 1.807) is 6.26 Å². The van der Waals surface area contributed by atoms with Gasteiger partial charge in [0, 0.05) is 5.56 Å². The Morgan fingerprint density at radius 2 is 2.00 bits per heavy atom. The topological polar surface area (TPSA) is 22.4 Å². The van der Waals surface area contributed by atoms with E-state index < -0.39 is 0 Å². The molecule has 0 fully saturated rings. The summed E-state index contributed by atoms with van der Waals surface area (Å²) in [6.45, 7) is 6.11. The highest BCUT2D eigenvalue weighted by molar-refractivity contribution is 5.63. The minimum absolute atomic E-state index is 0.187. The van der Waals surface area contributed by atoms with Crippen LogP contribution in [-0.2, 0) is 0 Å². The van der Waals surface area contributed by atoms with E-state index >= 15 is 0 Å². The van der Waals surface area contributed by atoms with E-state index in [1.165, 1.54) is 5.56 Å². The predicted molar refractivity (Wildman–Crippen MR) is 64.6 cm³/mol. The maximum atomic E-state index is 5.67.